The standard InChI is InChI=1S/C31H41N7O4/c1-31(2,3)42-30(39)38-21-9-10-22(38)17-23(16-21)36(4)27-14-13-26(34-35-27)25-12-11-24(29(33-25)40-5)20-18-32-37(19-20)28-8-6-7-15-41-28/h11-14,18-19,21-23,28H,6-10,15-17H2,1-5H3/t21-,22+,23?,28?. The Morgan fingerprint density at radius 1 is 1.02 bits per heavy atom. The van der Waals surface area contributed by atoms with Crippen LogP contribution in [0.5, 0.6) is 5.88 Å². The number of nitrogens with zero attached hydrogens (tertiary/aromatic N) is 7. The molecule has 42 heavy (non-hydrogen) atoms. The summed E-state index contributed by atoms with van der Waals surface area (Å²) in [7, 11) is 3.68. The van der Waals surface area contributed by atoms with Crippen molar-refractivity contribution < 1.29 is 19.0 Å². The van der Waals surface area contributed by atoms with Crippen molar-refractivity contribution in [2.75, 3.05) is 25.7 Å². The van der Waals surface area contributed by atoms with Gasteiger partial charge in [-0.3, -0.25) is 0 Å². The summed E-state index contributed by atoms with van der Waals surface area (Å²) in [6.45, 7) is 6.51. The van der Waals surface area contributed by atoms with Gasteiger partial charge >= 0.3 is 6.09 Å². The molecule has 11 heteroatoms. The largest absolute Gasteiger partial charge is 0.481 e. The molecule has 2 unspecified atom stereocenters. The van der Waals surface area contributed by atoms with E-state index in [0.29, 0.717) is 17.3 Å². The number of pyridine rings is 1. The predicted molar refractivity (Wildman–Crippen MR) is 158 cm³/mol. The average molecular weight is 576 g/mol. The van der Waals surface area contributed by atoms with Crippen molar-refractivity contribution in [3.63, 3.8) is 0 Å². The number of rotatable bonds is 6. The maximum atomic E-state index is 12.9. The van der Waals surface area contributed by atoms with Crippen molar-refractivity contribution in [3.8, 4) is 28.4 Å². The normalized spacial score (nSPS) is 24.0. The van der Waals surface area contributed by atoms with E-state index < -0.39 is 5.60 Å². The van der Waals surface area contributed by atoms with Gasteiger partial charge in [0, 0.05) is 49.1 Å². The monoisotopic (exact) mass is 575 g/mol. The zero-order valence-corrected chi connectivity index (χ0v) is 25.2. The van der Waals surface area contributed by atoms with E-state index >= 15 is 0 Å². The van der Waals surface area contributed by atoms with Crippen LogP contribution in [0.15, 0.2) is 36.7 Å². The molecule has 1 amide bonds. The van der Waals surface area contributed by atoms with Crippen molar-refractivity contribution in [3.05, 3.63) is 36.7 Å². The molecule has 6 rings (SSSR count). The van der Waals surface area contributed by atoms with Gasteiger partial charge in [-0.1, -0.05) is 0 Å². The van der Waals surface area contributed by atoms with Crippen molar-refractivity contribution in [1.29, 1.82) is 0 Å². The Morgan fingerprint density at radius 2 is 1.79 bits per heavy atom. The number of fused-ring (bicyclic) bond motifs is 2. The third-order valence-corrected chi connectivity index (χ3v) is 8.55. The molecule has 3 saturated heterocycles. The van der Waals surface area contributed by atoms with Crippen LogP contribution >= 0.6 is 0 Å². The van der Waals surface area contributed by atoms with Crippen LogP contribution in [0.3, 0.4) is 0 Å². The number of carbonyl (C=O) groups is 1. The summed E-state index contributed by atoms with van der Waals surface area (Å²) >= 11 is 0. The van der Waals surface area contributed by atoms with E-state index in [1.165, 1.54) is 0 Å². The number of hydrogen-bond acceptors (Lipinski definition) is 9. The maximum Gasteiger partial charge on any atom is 0.410 e. The third kappa shape index (κ3) is 5.79. The summed E-state index contributed by atoms with van der Waals surface area (Å²) < 4.78 is 19.1. The summed E-state index contributed by atoms with van der Waals surface area (Å²) in [6, 6.07) is 8.51. The molecule has 0 saturated carbocycles. The van der Waals surface area contributed by atoms with Gasteiger partial charge in [-0.05, 0) is 90.0 Å². The van der Waals surface area contributed by atoms with Gasteiger partial charge in [0.15, 0.2) is 5.82 Å². The Morgan fingerprint density at radius 3 is 2.43 bits per heavy atom. The van der Waals surface area contributed by atoms with Crippen molar-refractivity contribution in [1.82, 2.24) is 29.9 Å². The molecule has 3 aromatic heterocycles. The van der Waals surface area contributed by atoms with Gasteiger partial charge in [-0.15, -0.1) is 10.2 Å². The molecule has 6 heterocycles. The fourth-order valence-corrected chi connectivity index (χ4v) is 6.44. The second kappa shape index (κ2) is 11.5. The predicted octanol–water partition coefficient (Wildman–Crippen LogP) is 5.48. The number of methoxy groups -OCH3 is 1. The van der Waals surface area contributed by atoms with E-state index in [4.69, 9.17) is 19.2 Å². The Bertz CT molecular complexity index is 1380. The Hall–Kier alpha value is -3.73. The van der Waals surface area contributed by atoms with E-state index in [2.05, 4.69) is 27.2 Å². The van der Waals surface area contributed by atoms with Crippen LogP contribution in [0.1, 0.15) is 71.9 Å². The SMILES string of the molecule is COc1nc(-c2ccc(N(C)C3C[C@H]4CC[C@@H](C3)N4C(=O)OC(C)(C)C)nn2)ccc1-c1cnn(C2CCCCO2)c1. The van der Waals surface area contributed by atoms with Crippen LogP contribution < -0.4 is 9.64 Å². The molecule has 224 valence electrons. The zero-order valence-electron chi connectivity index (χ0n) is 25.2. The summed E-state index contributed by atoms with van der Waals surface area (Å²) in [5.41, 5.74) is 2.65. The molecule has 11 nitrogen and oxygen atoms in total. The molecular formula is C31H41N7O4. The first kappa shape index (κ1) is 28.4. The molecule has 3 aliphatic rings. The summed E-state index contributed by atoms with van der Waals surface area (Å²) in [5, 5.41) is 13.6. The van der Waals surface area contributed by atoms with Crippen LogP contribution in [0.4, 0.5) is 10.6 Å². The van der Waals surface area contributed by atoms with Crippen molar-refractivity contribution in [2.24, 2.45) is 0 Å². The first-order valence-electron chi connectivity index (χ1n) is 15.0. The van der Waals surface area contributed by atoms with Crippen LogP contribution in [0, 0.1) is 0 Å². The number of aromatic nitrogens is 5. The minimum atomic E-state index is -0.492. The Kier molecular flexibility index (Phi) is 7.78. The molecule has 0 N–H and O–H groups in total. The maximum absolute atomic E-state index is 12.9. The molecule has 0 spiro atoms. The fraction of sp³-hybridized carbons (Fsp3) is 0.581. The highest BCUT2D eigenvalue weighted by Gasteiger charge is 2.46. The molecule has 3 aromatic rings. The Labute approximate surface area is 247 Å². The number of piperidine rings is 1. The third-order valence-electron chi connectivity index (χ3n) is 8.55. The molecule has 2 bridgehead atoms. The van der Waals surface area contributed by atoms with Gasteiger partial charge in [0.2, 0.25) is 5.88 Å². The lowest BCUT2D eigenvalue weighted by Gasteiger charge is -2.42. The van der Waals surface area contributed by atoms with E-state index in [-0.39, 0.29) is 30.4 Å². The van der Waals surface area contributed by atoms with Gasteiger partial charge in [-0.25, -0.2) is 14.5 Å². The van der Waals surface area contributed by atoms with Crippen LogP contribution in [0.25, 0.3) is 22.5 Å². The molecule has 0 radical (unpaired) electrons. The number of anilines is 1. The van der Waals surface area contributed by atoms with Crippen LogP contribution in [-0.4, -0.2) is 80.4 Å². The topological polar surface area (TPSA) is 108 Å². The average Bonchev–Trinajstić information content (AvgIpc) is 3.58. The first-order valence-corrected chi connectivity index (χ1v) is 15.0. The number of amides is 1. The second-order valence-corrected chi connectivity index (χ2v) is 12.6. The van der Waals surface area contributed by atoms with Crippen LogP contribution in [0.2, 0.25) is 0 Å². The van der Waals surface area contributed by atoms with E-state index in [1.54, 1.807) is 7.11 Å². The lowest BCUT2D eigenvalue weighted by Crippen LogP contribution is -2.53. The molecule has 3 fully saturated rings. The summed E-state index contributed by atoms with van der Waals surface area (Å²) in [6.07, 6.45) is 10.6. The minimum Gasteiger partial charge on any atom is -0.481 e. The Balaban J connectivity index is 1.13. The minimum absolute atomic E-state index is 0.0228. The smallest absolute Gasteiger partial charge is 0.410 e. The molecule has 0 aromatic carbocycles. The highest BCUT2D eigenvalue weighted by molar-refractivity contribution is 5.71. The summed E-state index contributed by atoms with van der Waals surface area (Å²) in [4.78, 5) is 21.8. The van der Waals surface area contributed by atoms with Gasteiger partial charge in [0.1, 0.15) is 17.5 Å². The lowest BCUT2D eigenvalue weighted by molar-refractivity contribution is -0.0394. The van der Waals surface area contributed by atoms with Gasteiger partial charge in [0.25, 0.3) is 0 Å². The zero-order chi connectivity index (χ0) is 29.4. The summed E-state index contributed by atoms with van der Waals surface area (Å²) in [5.74, 6) is 1.31. The molecule has 3 aliphatic heterocycles. The second-order valence-electron chi connectivity index (χ2n) is 12.6. The van der Waals surface area contributed by atoms with Gasteiger partial charge in [-0.2, -0.15) is 5.10 Å². The highest BCUT2D eigenvalue weighted by atomic mass is 16.6. The quantitative estimate of drug-likeness (QED) is 0.378. The fourth-order valence-electron chi connectivity index (χ4n) is 6.44. The van der Waals surface area contributed by atoms with E-state index in [0.717, 1.165) is 68.5 Å². The lowest BCUT2D eigenvalue weighted by atomic mass is 9.96. The van der Waals surface area contributed by atoms with E-state index in [1.807, 2.05) is 67.0 Å². The van der Waals surface area contributed by atoms with Crippen molar-refractivity contribution >= 4 is 11.9 Å². The molecule has 4 atom stereocenters. The number of hydrogen-bond donors (Lipinski definition) is 0. The number of ether oxygens (including phenoxy) is 3. The number of carbonyl (C=O) groups excluding carboxylic acids is 1. The van der Waals surface area contributed by atoms with Gasteiger partial charge < -0.3 is 24.0 Å². The van der Waals surface area contributed by atoms with E-state index in [9.17, 15) is 4.79 Å². The van der Waals surface area contributed by atoms with Gasteiger partial charge in [0.05, 0.1) is 19.0 Å². The highest BCUT2D eigenvalue weighted by Crippen LogP contribution is 2.39. The van der Waals surface area contributed by atoms with Crippen LogP contribution in [-0.2, 0) is 9.47 Å². The first-order chi connectivity index (χ1) is 20.2. The van der Waals surface area contributed by atoms with Crippen molar-refractivity contribution in [2.45, 2.75) is 95.7 Å². The molecular weight excluding hydrogens is 534 g/mol. The molecule has 0 aliphatic carbocycles.